The van der Waals surface area contributed by atoms with Crippen LogP contribution in [0.5, 0.6) is 11.5 Å². The van der Waals surface area contributed by atoms with Crippen LogP contribution in [-0.4, -0.2) is 50.4 Å². The van der Waals surface area contributed by atoms with Gasteiger partial charge in [0.2, 0.25) is 23.6 Å². The number of carbonyl (C=O) groups excluding carboxylic acids is 5. The molecule has 2 aromatic carbocycles. The number of hydrogen-bond acceptors (Lipinski definition) is 8. The van der Waals surface area contributed by atoms with Gasteiger partial charge in [0.1, 0.15) is 11.5 Å². The number of hydrogen-bond donors (Lipinski definition) is 0. The molecule has 10 nitrogen and oxygen atoms in total. The van der Waals surface area contributed by atoms with E-state index >= 15 is 0 Å². The number of anilines is 2. The van der Waals surface area contributed by atoms with Crippen molar-refractivity contribution in [3.05, 3.63) is 59.7 Å². The molecule has 0 radical (unpaired) electrons. The van der Waals surface area contributed by atoms with E-state index in [2.05, 4.69) is 0 Å². The molecule has 0 aromatic heterocycles. The molecular weight excluding hydrogens is 528 g/mol. The number of methoxy groups -OCH3 is 2. The summed E-state index contributed by atoms with van der Waals surface area (Å²) in [5, 5.41) is 0. The van der Waals surface area contributed by atoms with Crippen LogP contribution in [0.15, 0.2) is 59.7 Å². The minimum absolute atomic E-state index is 0.0823. The van der Waals surface area contributed by atoms with Crippen LogP contribution in [0.4, 0.5) is 11.4 Å². The molecule has 1 saturated carbocycles. The second-order valence-electron chi connectivity index (χ2n) is 11.0. The van der Waals surface area contributed by atoms with Crippen LogP contribution in [0.1, 0.15) is 20.8 Å². The van der Waals surface area contributed by atoms with Crippen molar-refractivity contribution in [2.75, 3.05) is 30.6 Å². The third kappa shape index (κ3) is 3.27. The first kappa shape index (κ1) is 26.7. The number of ether oxygens (including phenoxy) is 3. The van der Waals surface area contributed by atoms with E-state index in [-0.39, 0.29) is 23.6 Å². The molecule has 2 aliphatic heterocycles. The Balaban J connectivity index is 1.56. The largest absolute Gasteiger partial charge is 0.495 e. The summed E-state index contributed by atoms with van der Waals surface area (Å²) in [4.78, 5) is 72.8. The Bertz CT molecular complexity index is 1470. The van der Waals surface area contributed by atoms with E-state index in [4.69, 9.17) is 14.2 Å². The number of amides is 4. The fourth-order valence-electron chi connectivity index (χ4n) is 7.91. The minimum Gasteiger partial charge on any atom is -0.495 e. The van der Waals surface area contributed by atoms with Crippen LogP contribution < -0.4 is 19.3 Å². The molecule has 2 aromatic rings. The van der Waals surface area contributed by atoms with Crippen molar-refractivity contribution < 1.29 is 38.2 Å². The third-order valence-corrected chi connectivity index (χ3v) is 9.33. The van der Waals surface area contributed by atoms with Gasteiger partial charge in [-0.05, 0) is 38.1 Å². The van der Waals surface area contributed by atoms with Gasteiger partial charge in [0.05, 0.1) is 55.9 Å². The first-order valence-electron chi connectivity index (χ1n) is 13.5. The van der Waals surface area contributed by atoms with Gasteiger partial charge < -0.3 is 14.2 Å². The minimum atomic E-state index is -1.49. The molecule has 41 heavy (non-hydrogen) atoms. The molecule has 2 saturated heterocycles. The Morgan fingerprint density at radius 2 is 1.20 bits per heavy atom. The average molecular weight is 559 g/mol. The highest BCUT2D eigenvalue weighted by Gasteiger charge is 2.77. The zero-order valence-corrected chi connectivity index (χ0v) is 23.4. The lowest BCUT2D eigenvalue weighted by atomic mass is 9.43. The van der Waals surface area contributed by atoms with Crippen LogP contribution in [-0.2, 0) is 28.7 Å². The zero-order valence-electron chi connectivity index (χ0n) is 23.4. The second kappa shape index (κ2) is 9.29. The molecule has 212 valence electrons. The molecule has 3 aliphatic carbocycles. The summed E-state index contributed by atoms with van der Waals surface area (Å²) in [6, 6.07) is 13.4. The molecule has 7 rings (SSSR count). The lowest BCUT2D eigenvalue weighted by Gasteiger charge is -2.55. The van der Waals surface area contributed by atoms with E-state index in [0.29, 0.717) is 17.1 Å². The van der Waals surface area contributed by atoms with Crippen molar-refractivity contribution in [3.63, 3.8) is 0 Å². The number of para-hydroxylation sites is 4. The maximum absolute atomic E-state index is 14.3. The van der Waals surface area contributed by atoms with Gasteiger partial charge >= 0.3 is 5.97 Å². The SMILES string of the molecule is CCOC(=O)C1=C(C)C2C3C(=O)N(c4ccccc4OC)C(=O)C3C1(C)C1C(=O)N(c3ccccc3OC)C(=O)C21. The van der Waals surface area contributed by atoms with Gasteiger partial charge in [0, 0.05) is 16.9 Å². The normalized spacial score (nSPS) is 30.1. The van der Waals surface area contributed by atoms with Crippen molar-refractivity contribution in [1.82, 2.24) is 0 Å². The predicted octanol–water partition coefficient (Wildman–Crippen LogP) is 3.14. The zero-order chi connectivity index (χ0) is 29.4. The number of allylic oxidation sites excluding steroid dienone is 1. The number of esters is 1. The molecule has 0 spiro atoms. The molecule has 4 atom stereocenters. The number of nitrogens with zero attached hydrogens (tertiary/aromatic N) is 2. The van der Waals surface area contributed by atoms with Gasteiger partial charge in [-0.3, -0.25) is 19.2 Å². The average Bonchev–Trinajstić information content (AvgIpc) is 3.39. The molecule has 0 N–H and O–H groups in total. The van der Waals surface area contributed by atoms with Crippen LogP contribution >= 0.6 is 0 Å². The summed E-state index contributed by atoms with van der Waals surface area (Å²) in [7, 11) is 2.89. The van der Waals surface area contributed by atoms with Crippen LogP contribution in [0.25, 0.3) is 0 Å². The number of carbonyl (C=O) groups is 5. The van der Waals surface area contributed by atoms with Crippen LogP contribution in [0.3, 0.4) is 0 Å². The van der Waals surface area contributed by atoms with Gasteiger partial charge in [-0.25, -0.2) is 14.6 Å². The monoisotopic (exact) mass is 558 g/mol. The Morgan fingerprint density at radius 3 is 1.61 bits per heavy atom. The fourth-order valence-corrected chi connectivity index (χ4v) is 7.91. The first-order valence-corrected chi connectivity index (χ1v) is 13.5. The quantitative estimate of drug-likeness (QED) is 0.392. The van der Waals surface area contributed by atoms with Crippen LogP contribution in [0, 0.1) is 35.0 Å². The van der Waals surface area contributed by atoms with Gasteiger partial charge in [0.25, 0.3) is 0 Å². The van der Waals surface area contributed by atoms with E-state index < -0.39 is 64.6 Å². The molecule has 4 unspecified atom stereocenters. The van der Waals surface area contributed by atoms with Gasteiger partial charge in [-0.15, -0.1) is 0 Å². The Kier molecular flexibility index (Phi) is 6.06. The summed E-state index contributed by atoms with van der Waals surface area (Å²) >= 11 is 0. The molecular formula is C31H30N2O8. The number of imide groups is 2. The molecule has 10 heteroatoms. The smallest absolute Gasteiger partial charge is 0.334 e. The topological polar surface area (TPSA) is 120 Å². The molecule has 5 aliphatic rings. The maximum Gasteiger partial charge on any atom is 0.334 e. The summed E-state index contributed by atoms with van der Waals surface area (Å²) < 4.78 is 16.3. The van der Waals surface area contributed by atoms with Crippen molar-refractivity contribution in [2.24, 2.45) is 35.0 Å². The Morgan fingerprint density at radius 1 is 0.756 bits per heavy atom. The predicted molar refractivity (Wildman–Crippen MR) is 146 cm³/mol. The summed E-state index contributed by atoms with van der Waals surface area (Å²) in [5.41, 5.74) is -0.252. The molecule has 2 bridgehead atoms. The van der Waals surface area contributed by atoms with Gasteiger partial charge in [0.15, 0.2) is 0 Å². The van der Waals surface area contributed by atoms with E-state index in [0.717, 1.165) is 9.80 Å². The van der Waals surface area contributed by atoms with Crippen molar-refractivity contribution in [1.29, 1.82) is 0 Å². The summed E-state index contributed by atoms with van der Waals surface area (Å²) in [6.45, 7) is 5.11. The van der Waals surface area contributed by atoms with Crippen molar-refractivity contribution >= 4 is 41.0 Å². The van der Waals surface area contributed by atoms with Crippen molar-refractivity contribution in [2.45, 2.75) is 20.8 Å². The summed E-state index contributed by atoms with van der Waals surface area (Å²) in [5.74, 6) is -6.95. The Hall–Kier alpha value is -4.47. The second-order valence-corrected chi connectivity index (χ2v) is 11.0. The number of benzene rings is 2. The molecule has 3 fully saturated rings. The molecule has 4 amide bonds. The Labute approximate surface area is 236 Å². The maximum atomic E-state index is 14.3. The number of rotatable bonds is 6. The van der Waals surface area contributed by atoms with E-state index in [1.54, 1.807) is 69.3 Å². The van der Waals surface area contributed by atoms with E-state index in [9.17, 15) is 24.0 Å². The highest BCUT2D eigenvalue weighted by atomic mass is 16.5. The third-order valence-electron chi connectivity index (χ3n) is 9.33. The van der Waals surface area contributed by atoms with Gasteiger partial charge in [-0.2, -0.15) is 0 Å². The summed E-state index contributed by atoms with van der Waals surface area (Å²) in [6.07, 6.45) is 0. The van der Waals surface area contributed by atoms with Crippen LogP contribution in [0.2, 0.25) is 0 Å². The highest BCUT2D eigenvalue weighted by molar-refractivity contribution is 6.28. The standard InChI is InChI=1S/C31H30N2O8/c1-6-41-30(38)23-15(2)20-21-24(28(36)32(26(21)34)16-11-7-9-13-18(16)39-4)31(23,3)25-22(20)27(35)33(29(25)37)17-12-8-10-14-19(17)40-5/h7-14,20-22,24-25H,6H2,1-5H3. The van der Waals surface area contributed by atoms with Gasteiger partial charge in [-0.1, -0.05) is 36.8 Å². The van der Waals surface area contributed by atoms with Crippen molar-refractivity contribution in [3.8, 4) is 11.5 Å². The molecule has 2 heterocycles. The van der Waals surface area contributed by atoms with E-state index in [1.807, 2.05) is 0 Å². The fraction of sp³-hybridized carbons (Fsp3) is 0.387. The lowest BCUT2D eigenvalue weighted by molar-refractivity contribution is -0.155. The van der Waals surface area contributed by atoms with E-state index in [1.165, 1.54) is 14.2 Å². The highest BCUT2D eigenvalue weighted by Crippen LogP contribution is 2.69. The first-order chi connectivity index (χ1) is 19.6. The lowest BCUT2D eigenvalue weighted by Crippen LogP contribution is -2.61.